The van der Waals surface area contributed by atoms with Crippen LogP contribution in [-0.4, -0.2) is 75.0 Å². The summed E-state index contributed by atoms with van der Waals surface area (Å²) in [6.45, 7) is 5.02. The number of benzene rings is 1. The first-order valence-electron chi connectivity index (χ1n) is 10.8. The molecule has 0 heterocycles. The minimum Gasteiger partial charge on any atom is -0.508 e. The molecule has 0 aliphatic rings. The number of thiol groups is 1. The fourth-order valence-corrected chi connectivity index (χ4v) is 3.25. The Hall–Kier alpha value is -2.83. The lowest BCUT2D eigenvalue weighted by Crippen LogP contribution is -2.58. The average Bonchev–Trinajstić information content (AvgIpc) is 2.76. The maximum atomic E-state index is 12.8. The number of carboxylic acids is 1. The summed E-state index contributed by atoms with van der Waals surface area (Å²) in [5.74, 6) is -3.52. The molecule has 0 saturated carbocycles. The summed E-state index contributed by atoms with van der Waals surface area (Å²) < 4.78 is 0. The quantitative estimate of drug-likeness (QED) is 0.161. The van der Waals surface area contributed by atoms with Gasteiger partial charge >= 0.3 is 5.97 Å². The Morgan fingerprint density at radius 3 is 1.88 bits per heavy atom. The van der Waals surface area contributed by atoms with Crippen LogP contribution in [0.1, 0.15) is 32.8 Å². The Kier molecular flexibility index (Phi) is 11.8. The molecule has 8 N–H and O–H groups in total. The number of nitrogens with two attached hydrogens (primary N) is 1. The Labute approximate surface area is 203 Å². The van der Waals surface area contributed by atoms with Crippen molar-refractivity contribution < 1.29 is 34.5 Å². The number of aliphatic hydroxyl groups excluding tert-OH is 1. The number of carbonyl (C=O) groups is 4. The molecule has 12 heteroatoms. The second-order valence-corrected chi connectivity index (χ2v) is 8.84. The fraction of sp³-hybridized carbons (Fsp3) is 0.545. The van der Waals surface area contributed by atoms with Crippen LogP contribution < -0.4 is 21.7 Å². The molecule has 5 atom stereocenters. The van der Waals surface area contributed by atoms with Crippen LogP contribution in [-0.2, 0) is 25.6 Å². The number of phenols is 1. The fourth-order valence-electron chi connectivity index (χ4n) is 3.00. The number of phenolic OH excluding ortho intramolecular Hbond substituents is 1. The number of rotatable bonds is 13. The number of aliphatic carboxylic acids is 1. The molecule has 34 heavy (non-hydrogen) atoms. The first-order chi connectivity index (χ1) is 15.8. The third kappa shape index (κ3) is 9.57. The monoisotopic (exact) mass is 498 g/mol. The zero-order valence-electron chi connectivity index (χ0n) is 19.4. The lowest BCUT2D eigenvalue weighted by molar-refractivity contribution is -0.142. The predicted molar refractivity (Wildman–Crippen MR) is 128 cm³/mol. The second kappa shape index (κ2) is 13.8. The normalized spacial score (nSPS) is 15.5. The molecule has 11 nitrogen and oxygen atoms in total. The minimum atomic E-state index is -1.29. The number of hydrogen-bond donors (Lipinski definition) is 8. The number of nitrogens with one attached hydrogen (secondary N) is 3. The largest absolute Gasteiger partial charge is 0.508 e. The maximum Gasteiger partial charge on any atom is 0.326 e. The van der Waals surface area contributed by atoms with Crippen molar-refractivity contribution in [1.29, 1.82) is 0 Å². The van der Waals surface area contributed by atoms with Crippen molar-refractivity contribution in [3.63, 3.8) is 0 Å². The second-order valence-electron chi connectivity index (χ2n) is 8.47. The molecule has 0 saturated heterocycles. The molecule has 0 spiro atoms. The van der Waals surface area contributed by atoms with Crippen molar-refractivity contribution in [3.05, 3.63) is 29.8 Å². The first kappa shape index (κ1) is 29.2. The highest BCUT2D eigenvalue weighted by Crippen LogP contribution is 2.12. The van der Waals surface area contributed by atoms with Crippen molar-refractivity contribution in [2.24, 2.45) is 11.7 Å². The molecule has 190 valence electrons. The van der Waals surface area contributed by atoms with Crippen molar-refractivity contribution in [1.82, 2.24) is 16.0 Å². The van der Waals surface area contributed by atoms with E-state index in [1.54, 1.807) is 0 Å². The highest BCUT2D eigenvalue weighted by atomic mass is 32.1. The SMILES string of the molecule is CC(C)CC(NC(=O)C(N)C(C)O)C(=O)NC(CS)C(=O)NC(Cc1ccc(O)cc1)C(=O)O. The van der Waals surface area contributed by atoms with Gasteiger partial charge in [-0.3, -0.25) is 14.4 Å². The Bertz CT molecular complexity index is 848. The summed E-state index contributed by atoms with van der Waals surface area (Å²) in [7, 11) is 0. The highest BCUT2D eigenvalue weighted by molar-refractivity contribution is 7.80. The van der Waals surface area contributed by atoms with Gasteiger partial charge in [-0.15, -0.1) is 0 Å². The lowest BCUT2D eigenvalue weighted by Gasteiger charge is -2.25. The Balaban J connectivity index is 2.89. The van der Waals surface area contributed by atoms with Crippen LogP contribution in [0.5, 0.6) is 5.75 Å². The molecule has 0 aliphatic carbocycles. The van der Waals surface area contributed by atoms with E-state index in [-0.39, 0.29) is 30.3 Å². The van der Waals surface area contributed by atoms with Gasteiger partial charge in [0.2, 0.25) is 17.7 Å². The van der Waals surface area contributed by atoms with E-state index in [0.717, 1.165) is 0 Å². The van der Waals surface area contributed by atoms with E-state index in [1.165, 1.54) is 31.2 Å². The topological polar surface area (TPSA) is 191 Å². The van der Waals surface area contributed by atoms with Crippen LogP contribution in [0.2, 0.25) is 0 Å². The van der Waals surface area contributed by atoms with Crippen LogP contribution in [0.25, 0.3) is 0 Å². The van der Waals surface area contributed by atoms with E-state index >= 15 is 0 Å². The zero-order valence-corrected chi connectivity index (χ0v) is 20.3. The number of aromatic hydroxyl groups is 1. The van der Waals surface area contributed by atoms with Crippen LogP contribution in [0.3, 0.4) is 0 Å². The number of hydrogen-bond acceptors (Lipinski definition) is 8. The molecular formula is C22H34N4O7S. The molecule has 1 aromatic carbocycles. The summed E-state index contributed by atoms with van der Waals surface area (Å²) >= 11 is 4.09. The smallest absolute Gasteiger partial charge is 0.326 e. The van der Waals surface area contributed by atoms with Gasteiger partial charge in [0.05, 0.1) is 6.10 Å². The van der Waals surface area contributed by atoms with E-state index in [0.29, 0.717) is 5.56 Å². The van der Waals surface area contributed by atoms with Crippen LogP contribution >= 0.6 is 12.6 Å². The zero-order chi connectivity index (χ0) is 26.0. The predicted octanol–water partition coefficient (Wildman–Crippen LogP) is -0.842. The molecule has 5 unspecified atom stereocenters. The van der Waals surface area contributed by atoms with Gasteiger partial charge in [0.15, 0.2) is 0 Å². The van der Waals surface area contributed by atoms with Crippen LogP contribution in [0.4, 0.5) is 0 Å². The summed E-state index contributed by atoms with van der Waals surface area (Å²) in [4.78, 5) is 49.4. The summed E-state index contributed by atoms with van der Waals surface area (Å²) in [5.41, 5.74) is 6.21. The summed E-state index contributed by atoms with van der Waals surface area (Å²) in [6.07, 6.45) is -0.929. The molecule has 0 bridgehead atoms. The van der Waals surface area contributed by atoms with Crippen molar-refractivity contribution in [2.45, 2.75) is 63.9 Å². The Morgan fingerprint density at radius 1 is 0.912 bits per heavy atom. The van der Waals surface area contributed by atoms with E-state index in [4.69, 9.17) is 5.73 Å². The lowest BCUT2D eigenvalue weighted by atomic mass is 10.0. The number of aliphatic hydroxyl groups is 1. The molecular weight excluding hydrogens is 464 g/mol. The van der Waals surface area contributed by atoms with Gasteiger partial charge < -0.3 is 37.0 Å². The van der Waals surface area contributed by atoms with E-state index < -0.39 is 54.0 Å². The molecule has 1 rings (SSSR count). The van der Waals surface area contributed by atoms with Gasteiger partial charge in [-0.05, 0) is 37.0 Å². The third-order valence-corrected chi connectivity index (χ3v) is 5.33. The molecule has 1 aromatic rings. The van der Waals surface area contributed by atoms with Crippen molar-refractivity contribution in [3.8, 4) is 5.75 Å². The van der Waals surface area contributed by atoms with Gasteiger partial charge in [0.25, 0.3) is 0 Å². The number of carbonyl (C=O) groups excluding carboxylic acids is 3. The van der Waals surface area contributed by atoms with E-state index in [9.17, 15) is 34.5 Å². The molecule has 0 fully saturated rings. The van der Waals surface area contributed by atoms with Crippen LogP contribution in [0, 0.1) is 5.92 Å². The van der Waals surface area contributed by atoms with Crippen molar-refractivity contribution >= 4 is 36.3 Å². The number of amides is 3. The molecule has 0 aliphatic heterocycles. The van der Waals surface area contributed by atoms with Crippen LogP contribution in [0.15, 0.2) is 24.3 Å². The summed E-state index contributed by atoms with van der Waals surface area (Å²) in [6, 6.07) is 1.15. The maximum absolute atomic E-state index is 12.8. The standard InChI is InChI=1S/C22H34N4O7S/c1-11(2)8-15(24-21(31)18(23)12(3)27)19(29)26-17(10-34)20(30)25-16(22(32)33)9-13-4-6-14(28)7-5-13/h4-7,11-12,15-18,27-28,34H,8-10,23H2,1-3H3,(H,24,31)(H,25,30)(H,26,29)(H,32,33). The Morgan fingerprint density at radius 2 is 1.41 bits per heavy atom. The molecule has 0 radical (unpaired) electrons. The third-order valence-electron chi connectivity index (χ3n) is 4.97. The average molecular weight is 499 g/mol. The molecule has 0 aromatic heterocycles. The van der Waals surface area contributed by atoms with Gasteiger partial charge in [0, 0.05) is 12.2 Å². The van der Waals surface area contributed by atoms with Gasteiger partial charge in [-0.2, -0.15) is 12.6 Å². The highest BCUT2D eigenvalue weighted by Gasteiger charge is 2.31. The van der Waals surface area contributed by atoms with E-state index in [2.05, 4.69) is 28.6 Å². The van der Waals surface area contributed by atoms with E-state index in [1.807, 2.05) is 13.8 Å². The van der Waals surface area contributed by atoms with Crippen molar-refractivity contribution in [2.75, 3.05) is 5.75 Å². The number of carboxylic acid groups (broad SMARTS) is 1. The minimum absolute atomic E-state index is 0.00352. The van der Waals surface area contributed by atoms with Gasteiger partial charge in [-0.1, -0.05) is 26.0 Å². The summed E-state index contributed by atoms with van der Waals surface area (Å²) in [5, 5.41) is 35.8. The first-order valence-corrected chi connectivity index (χ1v) is 11.4. The van der Waals surface area contributed by atoms with Gasteiger partial charge in [-0.25, -0.2) is 4.79 Å². The molecule has 3 amide bonds. The van der Waals surface area contributed by atoms with Gasteiger partial charge in [0.1, 0.15) is 29.9 Å².